The van der Waals surface area contributed by atoms with E-state index in [1.165, 1.54) is 12.8 Å². The van der Waals surface area contributed by atoms with Crippen LogP contribution < -0.4 is 5.73 Å². The third kappa shape index (κ3) is 2.31. The number of halogens is 1. The smallest absolute Gasteiger partial charge is 0.131 e. The molecular formula is C16H20ClN3. The number of nitrogens with two attached hydrogens (primary N) is 1. The van der Waals surface area contributed by atoms with Crippen molar-refractivity contribution >= 4 is 17.4 Å². The van der Waals surface area contributed by atoms with Gasteiger partial charge in [0.1, 0.15) is 17.3 Å². The molecule has 0 amide bonds. The highest BCUT2D eigenvalue weighted by atomic mass is 35.5. The van der Waals surface area contributed by atoms with Gasteiger partial charge in [0.05, 0.1) is 0 Å². The summed E-state index contributed by atoms with van der Waals surface area (Å²) in [6.07, 6.45) is 3.52. The van der Waals surface area contributed by atoms with Gasteiger partial charge in [-0.15, -0.1) is 0 Å². The Labute approximate surface area is 124 Å². The largest absolute Gasteiger partial charge is 0.383 e. The molecule has 0 bridgehead atoms. The Morgan fingerprint density at radius 1 is 1.40 bits per heavy atom. The van der Waals surface area contributed by atoms with E-state index in [-0.39, 0.29) is 0 Å². The second-order valence-electron chi connectivity index (χ2n) is 5.59. The molecule has 1 fully saturated rings. The third-order valence-corrected chi connectivity index (χ3v) is 4.28. The van der Waals surface area contributed by atoms with Crippen molar-refractivity contribution < 1.29 is 0 Å². The summed E-state index contributed by atoms with van der Waals surface area (Å²) in [5.41, 5.74) is 9.29. The summed E-state index contributed by atoms with van der Waals surface area (Å²) < 4.78 is 2.18. The summed E-state index contributed by atoms with van der Waals surface area (Å²) in [5, 5.41) is 0.764. The highest BCUT2D eigenvalue weighted by molar-refractivity contribution is 6.31. The molecule has 1 heterocycles. The summed E-state index contributed by atoms with van der Waals surface area (Å²) >= 11 is 6.22. The van der Waals surface area contributed by atoms with E-state index in [0.29, 0.717) is 5.92 Å². The minimum Gasteiger partial charge on any atom is -0.383 e. The van der Waals surface area contributed by atoms with Crippen LogP contribution in [0.25, 0.3) is 11.3 Å². The normalized spacial score (nSPS) is 14.8. The van der Waals surface area contributed by atoms with Gasteiger partial charge in [0, 0.05) is 23.0 Å². The van der Waals surface area contributed by atoms with Crippen LogP contribution in [0.2, 0.25) is 5.02 Å². The minimum atomic E-state index is 0.596. The number of hydrogen-bond donors (Lipinski definition) is 1. The average Bonchev–Trinajstić information content (AvgIpc) is 3.21. The van der Waals surface area contributed by atoms with E-state index in [2.05, 4.69) is 11.5 Å². The molecule has 2 N–H and O–H groups in total. The first-order valence-electron chi connectivity index (χ1n) is 7.24. The molecule has 0 aliphatic heterocycles. The summed E-state index contributed by atoms with van der Waals surface area (Å²) in [5.74, 6) is 2.52. The van der Waals surface area contributed by atoms with Crippen molar-refractivity contribution in [2.75, 3.05) is 5.73 Å². The molecule has 4 heteroatoms. The van der Waals surface area contributed by atoms with Crippen molar-refractivity contribution in [2.45, 2.75) is 45.6 Å². The molecule has 106 valence electrons. The number of nitrogen functional groups attached to an aromatic ring is 1. The van der Waals surface area contributed by atoms with Crippen LogP contribution in [-0.2, 0) is 6.54 Å². The highest BCUT2D eigenvalue weighted by Crippen LogP contribution is 2.42. The molecule has 0 radical (unpaired) electrons. The monoisotopic (exact) mass is 289 g/mol. The van der Waals surface area contributed by atoms with Crippen molar-refractivity contribution in [3.63, 3.8) is 0 Å². The number of anilines is 1. The molecular weight excluding hydrogens is 270 g/mol. The van der Waals surface area contributed by atoms with Crippen LogP contribution in [0.3, 0.4) is 0 Å². The lowest BCUT2D eigenvalue weighted by Gasteiger charge is -2.07. The Morgan fingerprint density at radius 3 is 2.75 bits per heavy atom. The predicted octanol–water partition coefficient (Wildman–Crippen LogP) is 4.38. The van der Waals surface area contributed by atoms with Crippen molar-refractivity contribution in [1.82, 2.24) is 9.55 Å². The Morgan fingerprint density at radius 2 is 2.15 bits per heavy atom. The second kappa shape index (κ2) is 5.13. The molecule has 1 saturated carbocycles. The lowest BCUT2D eigenvalue weighted by Crippen LogP contribution is -2.06. The van der Waals surface area contributed by atoms with E-state index in [1.807, 2.05) is 25.1 Å². The zero-order valence-electron chi connectivity index (χ0n) is 12.0. The molecule has 1 aliphatic carbocycles. The molecule has 1 aromatic heterocycles. The lowest BCUT2D eigenvalue weighted by molar-refractivity contribution is 0.646. The minimum absolute atomic E-state index is 0.596. The highest BCUT2D eigenvalue weighted by Gasteiger charge is 2.30. The summed E-state index contributed by atoms with van der Waals surface area (Å²) in [6, 6.07) is 6.03. The molecule has 3 rings (SSSR count). The number of imidazole rings is 1. The number of aromatic nitrogens is 2. The molecule has 2 aromatic rings. The first kappa shape index (κ1) is 13.5. The van der Waals surface area contributed by atoms with Gasteiger partial charge in [-0.2, -0.15) is 0 Å². The van der Waals surface area contributed by atoms with E-state index >= 15 is 0 Å². The fourth-order valence-corrected chi connectivity index (χ4v) is 2.73. The van der Waals surface area contributed by atoms with Gasteiger partial charge in [-0.1, -0.05) is 30.7 Å². The number of nitrogens with zero attached hydrogens (tertiary/aromatic N) is 2. The van der Waals surface area contributed by atoms with Crippen LogP contribution in [0.4, 0.5) is 5.82 Å². The number of rotatable bonds is 4. The quantitative estimate of drug-likeness (QED) is 0.907. The second-order valence-corrected chi connectivity index (χ2v) is 6.00. The maximum atomic E-state index is 6.33. The van der Waals surface area contributed by atoms with Gasteiger partial charge in [0.2, 0.25) is 0 Å². The van der Waals surface area contributed by atoms with E-state index < -0.39 is 0 Å². The van der Waals surface area contributed by atoms with Crippen molar-refractivity contribution in [1.29, 1.82) is 0 Å². The van der Waals surface area contributed by atoms with E-state index in [0.717, 1.165) is 46.5 Å². The number of benzene rings is 1. The van der Waals surface area contributed by atoms with Crippen molar-refractivity contribution in [3.05, 3.63) is 34.6 Å². The van der Waals surface area contributed by atoms with Gasteiger partial charge < -0.3 is 10.3 Å². The Bertz CT molecular complexity index is 641. The number of aryl methyl sites for hydroxylation is 1. The lowest BCUT2D eigenvalue weighted by atomic mass is 10.1. The van der Waals surface area contributed by atoms with E-state index in [1.54, 1.807) is 0 Å². The van der Waals surface area contributed by atoms with Crippen LogP contribution in [-0.4, -0.2) is 9.55 Å². The van der Waals surface area contributed by atoms with Crippen LogP contribution in [0, 0.1) is 6.92 Å². The van der Waals surface area contributed by atoms with Crippen LogP contribution >= 0.6 is 11.6 Å². The van der Waals surface area contributed by atoms with Gasteiger partial charge in [-0.25, -0.2) is 4.98 Å². The summed E-state index contributed by atoms with van der Waals surface area (Å²) in [6.45, 7) is 5.10. The SMILES string of the molecule is CCCn1c(C2CC2)nc(-c2ccc(C)c(Cl)c2)c1N. The summed E-state index contributed by atoms with van der Waals surface area (Å²) in [4.78, 5) is 4.81. The molecule has 0 saturated heterocycles. The fraction of sp³-hybridized carbons (Fsp3) is 0.438. The number of hydrogen-bond acceptors (Lipinski definition) is 2. The third-order valence-electron chi connectivity index (χ3n) is 3.87. The van der Waals surface area contributed by atoms with Crippen LogP contribution in [0.15, 0.2) is 18.2 Å². The van der Waals surface area contributed by atoms with Gasteiger partial charge in [-0.05, 0) is 37.8 Å². The van der Waals surface area contributed by atoms with E-state index in [9.17, 15) is 0 Å². The standard InChI is InChI=1S/C16H20ClN3/c1-3-8-20-15(18)14(19-16(20)11-6-7-11)12-5-4-10(2)13(17)9-12/h4-5,9,11H,3,6-8,18H2,1-2H3. The Balaban J connectivity index is 2.08. The zero-order chi connectivity index (χ0) is 14.3. The fourth-order valence-electron chi connectivity index (χ4n) is 2.55. The molecule has 0 atom stereocenters. The molecule has 0 spiro atoms. The Kier molecular flexibility index (Phi) is 3.47. The van der Waals surface area contributed by atoms with Crippen molar-refractivity contribution in [3.8, 4) is 11.3 Å². The predicted molar refractivity (Wildman–Crippen MR) is 84.1 cm³/mol. The van der Waals surface area contributed by atoms with Gasteiger partial charge >= 0.3 is 0 Å². The topological polar surface area (TPSA) is 43.8 Å². The molecule has 3 nitrogen and oxygen atoms in total. The van der Waals surface area contributed by atoms with Gasteiger partial charge in [0.15, 0.2) is 0 Å². The molecule has 0 unspecified atom stereocenters. The van der Waals surface area contributed by atoms with Gasteiger partial charge in [0.25, 0.3) is 0 Å². The maximum absolute atomic E-state index is 6.33. The van der Waals surface area contributed by atoms with Crippen molar-refractivity contribution in [2.24, 2.45) is 0 Å². The zero-order valence-corrected chi connectivity index (χ0v) is 12.7. The van der Waals surface area contributed by atoms with Crippen LogP contribution in [0.1, 0.15) is 43.5 Å². The van der Waals surface area contributed by atoms with Gasteiger partial charge in [-0.3, -0.25) is 0 Å². The maximum Gasteiger partial charge on any atom is 0.131 e. The summed E-state index contributed by atoms with van der Waals surface area (Å²) in [7, 11) is 0. The first-order chi connectivity index (χ1) is 9.61. The van der Waals surface area contributed by atoms with Crippen LogP contribution in [0.5, 0.6) is 0 Å². The Hall–Kier alpha value is -1.48. The molecule has 1 aliphatic rings. The molecule has 1 aromatic carbocycles. The van der Waals surface area contributed by atoms with E-state index in [4.69, 9.17) is 22.3 Å². The first-order valence-corrected chi connectivity index (χ1v) is 7.62. The molecule has 20 heavy (non-hydrogen) atoms. The average molecular weight is 290 g/mol.